The van der Waals surface area contributed by atoms with Crippen LogP contribution in [0.4, 0.5) is 0 Å². The molecule has 0 fully saturated rings. The number of aryl methyl sites for hydroxylation is 1. The largest absolute Gasteiger partial charge is 0.299 e. The van der Waals surface area contributed by atoms with E-state index in [2.05, 4.69) is 32.9 Å². The van der Waals surface area contributed by atoms with Crippen molar-refractivity contribution in [2.45, 2.75) is 118 Å². The van der Waals surface area contributed by atoms with Gasteiger partial charge in [-0.1, -0.05) is 127 Å². The van der Waals surface area contributed by atoms with Crippen LogP contribution in [-0.2, 0) is 4.79 Å². The van der Waals surface area contributed by atoms with E-state index in [-0.39, 0.29) is 0 Å². The molecule has 0 spiro atoms. The molecule has 27 heavy (non-hydrogen) atoms. The van der Waals surface area contributed by atoms with Gasteiger partial charge in [-0.25, -0.2) is 0 Å². The zero-order valence-electron chi connectivity index (χ0n) is 18.8. The van der Waals surface area contributed by atoms with Crippen LogP contribution in [0.2, 0.25) is 0 Å². The Hall–Kier alpha value is -1.11. The van der Waals surface area contributed by atoms with Gasteiger partial charge in [0.2, 0.25) is 0 Å². The number of carbonyl (C=O) groups excluding carboxylic acids is 1. The highest BCUT2D eigenvalue weighted by Gasteiger charge is 2.13. The molecule has 0 saturated carbocycles. The molecule has 1 aromatic carbocycles. The van der Waals surface area contributed by atoms with Crippen molar-refractivity contribution in [1.29, 1.82) is 0 Å². The van der Waals surface area contributed by atoms with Gasteiger partial charge in [0.05, 0.1) is 0 Å². The molecular weight excluding hydrogens is 328 g/mol. The molecule has 156 valence electrons. The van der Waals surface area contributed by atoms with Gasteiger partial charge >= 0.3 is 0 Å². The van der Waals surface area contributed by atoms with E-state index in [1.54, 1.807) is 0 Å². The van der Waals surface area contributed by atoms with Gasteiger partial charge in [-0.15, -0.1) is 0 Å². The van der Waals surface area contributed by atoms with E-state index in [9.17, 15) is 4.79 Å². The molecule has 0 aliphatic heterocycles. The number of rotatable bonds is 15. The zero-order valence-corrected chi connectivity index (χ0v) is 18.8. The normalized spacial score (nSPS) is 11.6. The van der Waals surface area contributed by atoms with Crippen molar-refractivity contribution in [2.75, 3.05) is 0 Å². The van der Waals surface area contributed by atoms with E-state index in [0.29, 0.717) is 11.7 Å². The summed E-state index contributed by atoms with van der Waals surface area (Å²) in [5, 5.41) is 0. The van der Waals surface area contributed by atoms with E-state index in [0.717, 1.165) is 19.3 Å². The summed E-state index contributed by atoms with van der Waals surface area (Å²) in [5.41, 5.74) is 1.32. The van der Waals surface area contributed by atoms with Gasteiger partial charge in [0.1, 0.15) is 5.78 Å². The molecular formula is C26H46O. The molecule has 0 aromatic heterocycles. The first-order valence-electron chi connectivity index (χ1n) is 11.7. The van der Waals surface area contributed by atoms with Crippen LogP contribution in [0, 0.1) is 12.8 Å². The molecule has 0 radical (unpaired) electrons. The Morgan fingerprint density at radius 2 is 1.22 bits per heavy atom. The highest BCUT2D eigenvalue weighted by molar-refractivity contribution is 5.80. The summed E-state index contributed by atoms with van der Waals surface area (Å²) >= 11 is 0. The molecule has 0 amide bonds. The average molecular weight is 375 g/mol. The number of Topliss-reactive ketones (excluding diaryl/α,β-unsaturated/α-hetero) is 1. The van der Waals surface area contributed by atoms with Crippen LogP contribution < -0.4 is 0 Å². The Balaban J connectivity index is 0.000000797. The summed E-state index contributed by atoms with van der Waals surface area (Å²) < 4.78 is 0. The first kappa shape index (κ1) is 25.9. The lowest BCUT2D eigenvalue weighted by molar-refractivity contribution is -0.122. The molecule has 1 aromatic rings. The maximum atomic E-state index is 11.7. The molecule has 0 aliphatic rings. The van der Waals surface area contributed by atoms with Crippen LogP contribution in [0.5, 0.6) is 0 Å². The highest BCUT2D eigenvalue weighted by atomic mass is 16.1. The summed E-state index contributed by atoms with van der Waals surface area (Å²) in [6.45, 7) is 8.50. The molecule has 0 bridgehead atoms. The summed E-state index contributed by atoms with van der Waals surface area (Å²) in [5.74, 6) is 0.818. The zero-order chi connectivity index (χ0) is 20.2. The van der Waals surface area contributed by atoms with Crippen LogP contribution in [0.1, 0.15) is 116 Å². The molecule has 0 heterocycles. The van der Waals surface area contributed by atoms with Gasteiger partial charge in [0, 0.05) is 12.3 Å². The fraction of sp³-hybridized carbons (Fsp3) is 0.731. The van der Waals surface area contributed by atoms with Crippen molar-refractivity contribution in [3.8, 4) is 0 Å². The van der Waals surface area contributed by atoms with Gasteiger partial charge in [-0.2, -0.15) is 0 Å². The SMILES string of the molecule is CCCCCCCCCCCCCC(CC)C(=O)CC.Cc1ccccc1. The molecule has 1 nitrogen and oxygen atoms in total. The topological polar surface area (TPSA) is 17.1 Å². The molecule has 0 aliphatic carbocycles. The van der Waals surface area contributed by atoms with E-state index in [4.69, 9.17) is 0 Å². The van der Waals surface area contributed by atoms with Crippen molar-refractivity contribution in [1.82, 2.24) is 0 Å². The summed E-state index contributed by atoms with van der Waals surface area (Å²) in [6.07, 6.45) is 18.1. The van der Waals surface area contributed by atoms with Crippen LogP contribution in [0.25, 0.3) is 0 Å². The van der Waals surface area contributed by atoms with Crippen LogP contribution in [0.3, 0.4) is 0 Å². The smallest absolute Gasteiger partial charge is 0.135 e. The second kappa shape index (κ2) is 19.6. The second-order valence-corrected chi connectivity index (χ2v) is 7.90. The maximum absolute atomic E-state index is 11.7. The number of carbonyl (C=O) groups is 1. The minimum Gasteiger partial charge on any atom is -0.299 e. The van der Waals surface area contributed by atoms with Crippen LogP contribution >= 0.6 is 0 Å². The summed E-state index contributed by atoms with van der Waals surface area (Å²) in [7, 11) is 0. The van der Waals surface area contributed by atoms with E-state index < -0.39 is 0 Å². The molecule has 0 saturated heterocycles. The van der Waals surface area contributed by atoms with Crippen molar-refractivity contribution in [2.24, 2.45) is 5.92 Å². The monoisotopic (exact) mass is 374 g/mol. The molecule has 1 unspecified atom stereocenters. The second-order valence-electron chi connectivity index (χ2n) is 7.90. The van der Waals surface area contributed by atoms with Crippen molar-refractivity contribution < 1.29 is 4.79 Å². The Kier molecular flexibility index (Phi) is 18.8. The third-order valence-electron chi connectivity index (χ3n) is 5.39. The number of ketones is 1. The van der Waals surface area contributed by atoms with Crippen molar-refractivity contribution in [3.05, 3.63) is 35.9 Å². The van der Waals surface area contributed by atoms with E-state index in [1.807, 2.05) is 25.1 Å². The van der Waals surface area contributed by atoms with Gasteiger partial charge in [0.25, 0.3) is 0 Å². The minimum absolute atomic E-state index is 0.346. The number of hydrogen-bond acceptors (Lipinski definition) is 1. The Labute approximate surface area is 170 Å². The van der Waals surface area contributed by atoms with E-state index >= 15 is 0 Å². The Morgan fingerprint density at radius 1 is 0.741 bits per heavy atom. The average Bonchev–Trinajstić information content (AvgIpc) is 2.69. The maximum Gasteiger partial charge on any atom is 0.135 e. The van der Waals surface area contributed by atoms with Gasteiger partial charge in [-0.3, -0.25) is 4.79 Å². The van der Waals surface area contributed by atoms with Gasteiger partial charge in [-0.05, 0) is 19.8 Å². The highest BCUT2D eigenvalue weighted by Crippen LogP contribution is 2.17. The lowest BCUT2D eigenvalue weighted by Gasteiger charge is -2.12. The minimum atomic E-state index is 0.346. The van der Waals surface area contributed by atoms with Crippen LogP contribution in [-0.4, -0.2) is 5.78 Å². The quantitative estimate of drug-likeness (QED) is 0.280. The lowest BCUT2D eigenvalue weighted by atomic mass is 9.92. The number of hydrogen-bond donors (Lipinski definition) is 0. The number of benzene rings is 1. The van der Waals surface area contributed by atoms with Gasteiger partial charge in [0.15, 0.2) is 0 Å². The Bertz CT molecular complexity index is 423. The molecule has 1 atom stereocenters. The third-order valence-corrected chi connectivity index (χ3v) is 5.39. The van der Waals surface area contributed by atoms with Crippen molar-refractivity contribution >= 4 is 5.78 Å². The van der Waals surface area contributed by atoms with Gasteiger partial charge < -0.3 is 0 Å². The molecule has 1 heteroatoms. The first-order valence-corrected chi connectivity index (χ1v) is 11.7. The number of unbranched alkanes of at least 4 members (excludes halogenated alkanes) is 10. The van der Waals surface area contributed by atoms with Crippen molar-refractivity contribution in [3.63, 3.8) is 0 Å². The fourth-order valence-corrected chi connectivity index (χ4v) is 3.47. The predicted molar refractivity (Wildman–Crippen MR) is 121 cm³/mol. The predicted octanol–water partition coefficient (Wildman–Crippen LogP) is 8.69. The third kappa shape index (κ3) is 16.8. The fourth-order valence-electron chi connectivity index (χ4n) is 3.47. The summed E-state index contributed by atoms with van der Waals surface area (Å²) in [6, 6.07) is 10.3. The standard InChI is InChI=1S/C19H38O.C7H8/c1-4-7-8-9-10-11-12-13-14-15-16-17-18(5-2)19(20)6-3;1-7-5-3-2-4-6-7/h18H,4-17H2,1-3H3;2-6H,1H3. The summed E-state index contributed by atoms with van der Waals surface area (Å²) in [4.78, 5) is 11.7. The Morgan fingerprint density at radius 3 is 1.59 bits per heavy atom. The van der Waals surface area contributed by atoms with E-state index in [1.165, 1.54) is 76.2 Å². The molecule has 0 N–H and O–H groups in total. The first-order chi connectivity index (χ1) is 13.2. The lowest BCUT2D eigenvalue weighted by Crippen LogP contribution is -2.12. The van der Waals surface area contributed by atoms with Crippen LogP contribution in [0.15, 0.2) is 30.3 Å². The molecule has 1 rings (SSSR count).